The average Bonchev–Trinajstić information content (AvgIpc) is 3.37. The lowest BCUT2D eigenvalue weighted by Crippen LogP contribution is -2.29. The molecule has 7 aromatic carbocycles. The SMILES string of the molecule is C=C1/C(=C(\C=C/C)c2cccc(-c3nc(-c4ccccc4C)nc(-c4ccccc4C)n3)c2)Oc2c(-c3cccc(-c4nc(-c5ccccc5C)nc(-c5ccccc5C)n4)c3)cccc2C1(C)C. The van der Waals surface area contributed by atoms with Gasteiger partial charge in [0, 0.05) is 55.5 Å². The molecule has 0 bridgehead atoms. The van der Waals surface area contributed by atoms with E-state index in [2.05, 4.69) is 163 Å². The van der Waals surface area contributed by atoms with Gasteiger partial charge in [0.2, 0.25) is 0 Å². The highest BCUT2D eigenvalue weighted by Gasteiger charge is 2.38. The first-order chi connectivity index (χ1) is 33.5. The Balaban J connectivity index is 1.09. The van der Waals surface area contributed by atoms with Crippen LogP contribution in [0.4, 0.5) is 0 Å². The molecule has 0 saturated carbocycles. The van der Waals surface area contributed by atoms with Gasteiger partial charge in [0.25, 0.3) is 0 Å². The minimum Gasteiger partial charge on any atom is -0.455 e. The summed E-state index contributed by atoms with van der Waals surface area (Å²) in [4.78, 5) is 30.6. The Hall–Kier alpha value is -8.42. The summed E-state index contributed by atoms with van der Waals surface area (Å²) in [6, 6.07) is 56.0. The predicted molar refractivity (Wildman–Crippen MR) is 281 cm³/mol. The lowest BCUT2D eigenvalue weighted by Gasteiger charge is -2.38. The van der Waals surface area contributed by atoms with E-state index in [0.29, 0.717) is 40.7 Å². The summed E-state index contributed by atoms with van der Waals surface area (Å²) < 4.78 is 7.23. The first-order valence-corrected chi connectivity index (χ1v) is 23.3. The molecule has 0 spiro atoms. The fraction of sp³-hybridized carbons (Fsp3) is 0.129. The standard InChI is InChI=1S/C62H52N6O/c1-9-21-51(43-26-18-28-45(36-43)56-63-58(47-30-14-10-22-38(47)2)67-59(64-56)48-31-15-11-23-39(48)3)54-42(6)62(7,8)53-35-20-34-52(55(53)69-54)44-27-19-29-46(37-44)57-65-60(49-32-16-12-24-40(49)4)68-61(66-57)50-33-17-13-25-41(50)5/h9-37H,6H2,1-5,7-8H3/b21-9-,54-51-. The molecule has 7 nitrogen and oxygen atoms in total. The first kappa shape index (κ1) is 44.4. The number of rotatable bonds is 9. The van der Waals surface area contributed by atoms with Crippen molar-refractivity contribution in [3.63, 3.8) is 0 Å². The van der Waals surface area contributed by atoms with Crippen LogP contribution in [0.1, 0.15) is 54.2 Å². The van der Waals surface area contributed by atoms with E-state index < -0.39 is 5.41 Å². The lowest BCUT2D eigenvalue weighted by molar-refractivity contribution is 0.377. The Kier molecular flexibility index (Phi) is 11.8. The van der Waals surface area contributed by atoms with Gasteiger partial charge in [-0.15, -0.1) is 0 Å². The van der Waals surface area contributed by atoms with Crippen LogP contribution in [0.15, 0.2) is 194 Å². The molecular formula is C62H52N6O. The monoisotopic (exact) mass is 896 g/mol. The first-order valence-electron chi connectivity index (χ1n) is 23.3. The Labute approximate surface area is 404 Å². The van der Waals surface area contributed by atoms with E-state index in [-0.39, 0.29) is 0 Å². The highest BCUT2D eigenvalue weighted by Crippen LogP contribution is 2.51. The van der Waals surface area contributed by atoms with Crippen molar-refractivity contribution >= 4 is 5.57 Å². The van der Waals surface area contributed by atoms with E-state index in [9.17, 15) is 0 Å². The van der Waals surface area contributed by atoms with Crippen LogP contribution in [0.25, 0.3) is 85.0 Å². The summed E-state index contributed by atoms with van der Waals surface area (Å²) in [7, 11) is 0. The van der Waals surface area contributed by atoms with Gasteiger partial charge in [0.05, 0.1) is 0 Å². The number of hydrogen-bond acceptors (Lipinski definition) is 7. The maximum atomic E-state index is 7.23. The van der Waals surface area contributed by atoms with E-state index in [1.54, 1.807) is 0 Å². The second-order valence-electron chi connectivity index (χ2n) is 18.2. The fourth-order valence-electron chi connectivity index (χ4n) is 9.10. The van der Waals surface area contributed by atoms with E-state index in [1.807, 2.05) is 61.5 Å². The van der Waals surface area contributed by atoms with Crippen molar-refractivity contribution in [2.75, 3.05) is 0 Å². The Morgan fingerprint density at radius 3 is 1.30 bits per heavy atom. The van der Waals surface area contributed by atoms with Gasteiger partial charge in [-0.1, -0.05) is 184 Å². The highest BCUT2D eigenvalue weighted by molar-refractivity contribution is 5.85. The molecule has 0 aliphatic carbocycles. The number of allylic oxidation sites excluding steroid dienone is 4. The molecule has 2 aromatic heterocycles. The normalized spacial score (nSPS) is 13.8. The van der Waals surface area contributed by atoms with Crippen LogP contribution < -0.4 is 4.74 Å². The smallest absolute Gasteiger partial charge is 0.164 e. The zero-order valence-corrected chi connectivity index (χ0v) is 40.0. The molecule has 0 atom stereocenters. The molecule has 1 aliphatic heterocycles. The lowest BCUT2D eigenvalue weighted by atomic mass is 9.73. The summed E-state index contributed by atoms with van der Waals surface area (Å²) in [5, 5.41) is 0. The maximum absolute atomic E-state index is 7.23. The number of nitrogens with zero attached hydrogens (tertiary/aromatic N) is 6. The van der Waals surface area contributed by atoms with Crippen molar-refractivity contribution in [1.29, 1.82) is 0 Å². The van der Waals surface area contributed by atoms with Crippen molar-refractivity contribution < 1.29 is 4.74 Å². The Bertz CT molecular complexity index is 3420. The minimum absolute atomic E-state index is 0.487. The van der Waals surface area contributed by atoms with E-state index in [1.165, 1.54) is 0 Å². The third-order valence-corrected chi connectivity index (χ3v) is 13.2. The van der Waals surface area contributed by atoms with Gasteiger partial charge in [0.15, 0.2) is 34.9 Å². The molecule has 0 N–H and O–H groups in total. The largest absolute Gasteiger partial charge is 0.455 e. The van der Waals surface area contributed by atoms with Crippen molar-refractivity contribution in [1.82, 2.24) is 29.9 Å². The van der Waals surface area contributed by atoms with Crippen LogP contribution in [0.5, 0.6) is 5.75 Å². The van der Waals surface area contributed by atoms with Gasteiger partial charge in [-0.2, -0.15) is 0 Å². The van der Waals surface area contributed by atoms with Crippen LogP contribution in [0.3, 0.4) is 0 Å². The second-order valence-corrected chi connectivity index (χ2v) is 18.2. The Morgan fingerprint density at radius 2 is 0.841 bits per heavy atom. The zero-order valence-electron chi connectivity index (χ0n) is 40.0. The van der Waals surface area contributed by atoms with Crippen LogP contribution in [0.2, 0.25) is 0 Å². The zero-order chi connectivity index (χ0) is 47.8. The molecule has 0 unspecified atom stereocenters. The van der Waals surface area contributed by atoms with E-state index >= 15 is 0 Å². The molecule has 7 heteroatoms. The molecule has 336 valence electrons. The molecule has 0 amide bonds. The highest BCUT2D eigenvalue weighted by atomic mass is 16.5. The minimum atomic E-state index is -0.487. The van der Waals surface area contributed by atoms with Crippen LogP contribution in [0, 0.1) is 27.7 Å². The van der Waals surface area contributed by atoms with Gasteiger partial charge >= 0.3 is 0 Å². The molecule has 0 fully saturated rings. The fourth-order valence-corrected chi connectivity index (χ4v) is 9.10. The number of hydrogen-bond donors (Lipinski definition) is 0. The maximum Gasteiger partial charge on any atom is 0.164 e. The second kappa shape index (κ2) is 18.3. The summed E-state index contributed by atoms with van der Waals surface area (Å²) in [5.74, 6) is 5.17. The number of para-hydroxylation sites is 1. The van der Waals surface area contributed by atoms with Crippen molar-refractivity contribution in [2.24, 2.45) is 0 Å². The number of ether oxygens (including phenoxy) is 1. The number of aromatic nitrogens is 6. The van der Waals surface area contributed by atoms with Crippen LogP contribution in [-0.4, -0.2) is 29.9 Å². The summed E-state index contributed by atoms with van der Waals surface area (Å²) >= 11 is 0. The van der Waals surface area contributed by atoms with Crippen LogP contribution in [-0.2, 0) is 5.41 Å². The molecular weight excluding hydrogens is 845 g/mol. The third kappa shape index (κ3) is 8.48. The molecule has 0 radical (unpaired) electrons. The average molecular weight is 897 g/mol. The number of aryl methyl sites for hydroxylation is 4. The topological polar surface area (TPSA) is 86.6 Å². The number of benzene rings is 7. The molecule has 3 heterocycles. The molecule has 69 heavy (non-hydrogen) atoms. The summed E-state index contributed by atoms with van der Waals surface area (Å²) in [6.07, 6.45) is 4.15. The summed E-state index contributed by atoms with van der Waals surface area (Å²) in [6.45, 7) is 19.5. The quantitative estimate of drug-likeness (QED) is 0.143. The van der Waals surface area contributed by atoms with Gasteiger partial charge in [-0.25, -0.2) is 29.9 Å². The van der Waals surface area contributed by atoms with Crippen LogP contribution >= 0.6 is 0 Å². The third-order valence-electron chi connectivity index (χ3n) is 13.2. The molecule has 1 aliphatic rings. The van der Waals surface area contributed by atoms with Crippen molar-refractivity contribution in [3.8, 4) is 85.2 Å². The van der Waals surface area contributed by atoms with E-state index in [4.69, 9.17) is 41.2 Å². The summed E-state index contributed by atoms with van der Waals surface area (Å²) in [5.41, 5.74) is 15.2. The van der Waals surface area contributed by atoms with Gasteiger partial charge in [0.1, 0.15) is 11.5 Å². The molecule has 0 saturated heterocycles. The molecule has 9 aromatic rings. The van der Waals surface area contributed by atoms with Gasteiger partial charge in [-0.3, -0.25) is 0 Å². The predicted octanol–water partition coefficient (Wildman–Crippen LogP) is 15.2. The van der Waals surface area contributed by atoms with Gasteiger partial charge in [-0.05, 0) is 85.7 Å². The van der Waals surface area contributed by atoms with E-state index in [0.717, 1.165) is 94.8 Å². The van der Waals surface area contributed by atoms with Crippen molar-refractivity contribution in [3.05, 3.63) is 227 Å². The number of fused-ring (bicyclic) bond motifs is 1. The van der Waals surface area contributed by atoms with Crippen molar-refractivity contribution in [2.45, 2.75) is 53.9 Å². The Morgan fingerprint density at radius 1 is 0.449 bits per heavy atom. The molecule has 10 rings (SSSR count). The van der Waals surface area contributed by atoms with Gasteiger partial charge < -0.3 is 4.74 Å².